The Labute approximate surface area is 113 Å². The number of rotatable bonds is 2. The molecule has 3 rings (SSSR count). The van der Waals surface area contributed by atoms with Crippen molar-refractivity contribution < 1.29 is 14.3 Å². The highest BCUT2D eigenvalue weighted by Gasteiger charge is 2.44. The van der Waals surface area contributed by atoms with Gasteiger partial charge in [-0.05, 0) is 32.2 Å². The molecule has 0 aromatic heterocycles. The molecule has 3 fully saturated rings. The van der Waals surface area contributed by atoms with Crippen LogP contribution in [0.1, 0.15) is 39.0 Å². The van der Waals surface area contributed by atoms with Crippen molar-refractivity contribution in [2.24, 2.45) is 0 Å². The second-order valence-corrected chi connectivity index (χ2v) is 5.84. The van der Waals surface area contributed by atoms with Gasteiger partial charge in [-0.25, -0.2) is 0 Å². The zero-order valence-corrected chi connectivity index (χ0v) is 11.5. The van der Waals surface area contributed by atoms with Gasteiger partial charge >= 0.3 is 5.97 Å². The minimum atomic E-state index is -0.0701. The lowest BCUT2D eigenvalue weighted by Gasteiger charge is -2.36. The quantitative estimate of drug-likeness (QED) is 0.693. The van der Waals surface area contributed by atoms with Crippen LogP contribution < -0.4 is 0 Å². The van der Waals surface area contributed by atoms with Gasteiger partial charge < -0.3 is 9.64 Å². The van der Waals surface area contributed by atoms with Crippen LogP contribution in [0.3, 0.4) is 0 Å². The lowest BCUT2D eigenvalue weighted by molar-refractivity contribution is -0.143. The van der Waals surface area contributed by atoms with Gasteiger partial charge in [0.05, 0.1) is 6.61 Å². The molecule has 3 saturated heterocycles. The minimum absolute atomic E-state index is 0.0677. The second-order valence-electron chi connectivity index (χ2n) is 5.84. The molecular weight excluding hydrogens is 244 g/mol. The fourth-order valence-electron chi connectivity index (χ4n) is 3.98. The SMILES string of the molecule is CC(=O)N1CCC[C@@H]1[C@H]1CCCN1[C@H]1CCOC1=O. The Morgan fingerprint density at radius 1 is 1.16 bits per heavy atom. The first-order valence-corrected chi connectivity index (χ1v) is 7.38. The number of hydrogen-bond donors (Lipinski definition) is 0. The van der Waals surface area contributed by atoms with Gasteiger partial charge in [-0.1, -0.05) is 0 Å². The van der Waals surface area contributed by atoms with E-state index in [4.69, 9.17) is 4.74 Å². The van der Waals surface area contributed by atoms with Crippen LogP contribution in [0.4, 0.5) is 0 Å². The molecule has 3 aliphatic heterocycles. The smallest absolute Gasteiger partial charge is 0.323 e. The second kappa shape index (κ2) is 5.12. The highest BCUT2D eigenvalue weighted by molar-refractivity contribution is 5.77. The van der Waals surface area contributed by atoms with E-state index in [1.807, 2.05) is 4.90 Å². The number of carbonyl (C=O) groups excluding carboxylic acids is 2. The maximum Gasteiger partial charge on any atom is 0.323 e. The fraction of sp³-hybridized carbons (Fsp3) is 0.857. The third-order valence-corrected chi connectivity index (χ3v) is 4.80. The first kappa shape index (κ1) is 12.9. The molecule has 3 atom stereocenters. The van der Waals surface area contributed by atoms with Crippen molar-refractivity contribution in [2.45, 2.75) is 57.2 Å². The zero-order valence-electron chi connectivity index (χ0n) is 11.5. The van der Waals surface area contributed by atoms with E-state index in [-0.39, 0.29) is 17.9 Å². The Hall–Kier alpha value is -1.10. The average Bonchev–Trinajstić information content (AvgIpc) is 3.06. The Bertz CT molecular complexity index is 385. The van der Waals surface area contributed by atoms with Crippen LogP contribution in [0.15, 0.2) is 0 Å². The predicted molar refractivity (Wildman–Crippen MR) is 69.5 cm³/mol. The van der Waals surface area contributed by atoms with Crippen molar-refractivity contribution in [1.29, 1.82) is 0 Å². The molecule has 5 heteroatoms. The summed E-state index contributed by atoms with van der Waals surface area (Å²) < 4.78 is 5.10. The summed E-state index contributed by atoms with van der Waals surface area (Å²) in [5, 5.41) is 0. The number of ether oxygens (including phenoxy) is 1. The Kier molecular flexibility index (Phi) is 3.48. The summed E-state index contributed by atoms with van der Waals surface area (Å²) in [4.78, 5) is 27.8. The van der Waals surface area contributed by atoms with Gasteiger partial charge in [0.1, 0.15) is 6.04 Å². The lowest BCUT2D eigenvalue weighted by atomic mass is 10.0. The van der Waals surface area contributed by atoms with E-state index in [2.05, 4.69) is 4.90 Å². The van der Waals surface area contributed by atoms with Crippen LogP contribution in [-0.2, 0) is 14.3 Å². The first-order chi connectivity index (χ1) is 9.18. The largest absolute Gasteiger partial charge is 0.464 e. The van der Waals surface area contributed by atoms with Crippen LogP contribution in [-0.4, -0.2) is 59.5 Å². The molecule has 5 nitrogen and oxygen atoms in total. The fourth-order valence-corrected chi connectivity index (χ4v) is 3.98. The van der Waals surface area contributed by atoms with Crippen LogP contribution in [0, 0.1) is 0 Å². The normalized spacial score (nSPS) is 35.9. The number of esters is 1. The van der Waals surface area contributed by atoms with E-state index in [1.54, 1.807) is 6.92 Å². The molecule has 0 saturated carbocycles. The van der Waals surface area contributed by atoms with Crippen molar-refractivity contribution in [3.63, 3.8) is 0 Å². The van der Waals surface area contributed by atoms with E-state index in [0.29, 0.717) is 18.7 Å². The van der Waals surface area contributed by atoms with Gasteiger partial charge in [0.25, 0.3) is 0 Å². The zero-order chi connectivity index (χ0) is 13.4. The molecule has 0 bridgehead atoms. The summed E-state index contributed by atoms with van der Waals surface area (Å²) in [5.74, 6) is 0.0996. The Balaban J connectivity index is 1.75. The molecule has 19 heavy (non-hydrogen) atoms. The van der Waals surface area contributed by atoms with Crippen molar-refractivity contribution in [2.75, 3.05) is 19.7 Å². The summed E-state index contributed by atoms with van der Waals surface area (Å²) >= 11 is 0. The van der Waals surface area contributed by atoms with Gasteiger partial charge in [0.15, 0.2) is 0 Å². The van der Waals surface area contributed by atoms with Crippen LogP contribution in [0.25, 0.3) is 0 Å². The summed E-state index contributed by atoms with van der Waals surface area (Å²) in [6, 6.07) is 0.581. The van der Waals surface area contributed by atoms with Gasteiger partial charge in [-0.15, -0.1) is 0 Å². The van der Waals surface area contributed by atoms with Crippen molar-refractivity contribution in [3.8, 4) is 0 Å². The number of nitrogens with zero attached hydrogens (tertiary/aromatic N) is 2. The van der Waals surface area contributed by atoms with E-state index in [1.165, 1.54) is 0 Å². The maximum absolute atomic E-state index is 11.8. The summed E-state index contributed by atoms with van der Waals surface area (Å²) in [5.41, 5.74) is 0. The van der Waals surface area contributed by atoms with E-state index in [9.17, 15) is 9.59 Å². The third kappa shape index (κ3) is 2.24. The van der Waals surface area contributed by atoms with Gasteiger partial charge in [-0.2, -0.15) is 0 Å². The summed E-state index contributed by atoms with van der Waals surface area (Å²) in [6.45, 7) is 4.04. The Morgan fingerprint density at radius 3 is 2.58 bits per heavy atom. The molecule has 3 aliphatic rings. The van der Waals surface area contributed by atoms with Crippen LogP contribution in [0.5, 0.6) is 0 Å². The summed E-state index contributed by atoms with van der Waals surface area (Å²) in [7, 11) is 0. The summed E-state index contributed by atoms with van der Waals surface area (Å²) in [6.07, 6.45) is 5.18. The maximum atomic E-state index is 11.8. The van der Waals surface area contributed by atoms with Gasteiger partial charge in [0, 0.05) is 32.0 Å². The standard InChI is InChI=1S/C14H22N2O3/c1-10(17)15-7-2-4-11(15)12-5-3-8-16(12)13-6-9-19-14(13)18/h11-13H,2-9H2,1H3/t11-,12-,13+/m1/s1. The van der Waals surface area contributed by atoms with Gasteiger partial charge in [-0.3, -0.25) is 14.5 Å². The molecule has 106 valence electrons. The average molecular weight is 266 g/mol. The van der Waals surface area contributed by atoms with E-state index in [0.717, 1.165) is 45.2 Å². The first-order valence-electron chi connectivity index (χ1n) is 7.38. The van der Waals surface area contributed by atoms with Crippen molar-refractivity contribution in [1.82, 2.24) is 9.80 Å². The number of likely N-dealkylation sites (tertiary alicyclic amines) is 2. The monoisotopic (exact) mass is 266 g/mol. The number of hydrogen-bond acceptors (Lipinski definition) is 4. The Morgan fingerprint density at radius 2 is 1.89 bits per heavy atom. The molecule has 0 aliphatic carbocycles. The molecule has 3 heterocycles. The molecule has 0 unspecified atom stereocenters. The highest BCUT2D eigenvalue weighted by Crippen LogP contribution is 2.33. The predicted octanol–water partition coefficient (Wildman–Crippen LogP) is 0.777. The molecule has 0 aromatic rings. The third-order valence-electron chi connectivity index (χ3n) is 4.80. The molecular formula is C14H22N2O3. The van der Waals surface area contributed by atoms with Crippen molar-refractivity contribution >= 4 is 11.9 Å². The molecule has 0 radical (unpaired) electrons. The van der Waals surface area contributed by atoms with Gasteiger partial charge in [0.2, 0.25) is 5.91 Å². The lowest BCUT2D eigenvalue weighted by Crippen LogP contribution is -2.51. The van der Waals surface area contributed by atoms with Crippen LogP contribution >= 0.6 is 0 Å². The van der Waals surface area contributed by atoms with Crippen molar-refractivity contribution in [3.05, 3.63) is 0 Å². The molecule has 0 spiro atoms. The number of amides is 1. The molecule has 0 aromatic carbocycles. The molecule has 0 N–H and O–H groups in total. The molecule has 1 amide bonds. The number of carbonyl (C=O) groups is 2. The van der Waals surface area contributed by atoms with Crippen LogP contribution in [0.2, 0.25) is 0 Å². The highest BCUT2D eigenvalue weighted by atomic mass is 16.5. The topological polar surface area (TPSA) is 49.9 Å². The van der Waals surface area contributed by atoms with E-state index < -0.39 is 0 Å². The number of cyclic esters (lactones) is 1. The minimum Gasteiger partial charge on any atom is -0.464 e. The van der Waals surface area contributed by atoms with E-state index >= 15 is 0 Å².